The molecule has 2 N–H and O–H groups in total. The SMILES string of the molecule is CCCCCN1CCC(c2c[nH]c3ccc(NS(=O)(=O)C(C)C)cc23)CC1. The van der Waals surface area contributed by atoms with E-state index in [0.29, 0.717) is 11.6 Å². The minimum atomic E-state index is -3.33. The topological polar surface area (TPSA) is 65.2 Å². The third kappa shape index (κ3) is 4.85. The van der Waals surface area contributed by atoms with Gasteiger partial charge in [-0.3, -0.25) is 4.72 Å². The molecule has 0 spiro atoms. The Balaban J connectivity index is 1.71. The van der Waals surface area contributed by atoms with Crippen LogP contribution >= 0.6 is 0 Å². The van der Waals surface area contributed by atoms with Crippen molar-refractivity contribution in [2.24, 2.45) is 0 Å². The molecule has 1 aromatic heterocycles. The minimum absolute atomic E-state index is 0.448. The lowest BCUT2D eigenvalue weighted by atomic mass is 9.89. The second kappa shape index (κ2) is 8.65. The van der Waals surface area contributed by atoms with Gasteiger partial charge in [0.05, 0.1) is 5.25 Å². The average molecular weight is 392 g/mol. The van der Waals surface area contributed by atoms with Gasteiger partial charge in [0.25, 0.3) is 0 Å². The van der Waals surface area contributed by atoms with E-state index in [0.717, 1.165) is 24.0 Å². The molecule has 3 rings (SSSR count). The highest BCUT2D eigenvalue weighted by Gasteiger charge is 2.23. The zero-order chi connectivity index (χ0) is 19.4. The van der Waals surface area contributed by atoms with Gasteiger partial charge in [0, 0.05) is 22.8 Å². The van der Waals surface area contributed by atoms with Crippen molar-refractivity contribution >= 4 is 26.6 Å². The molecule has 1 aliphatic heterocycles. The summed E-state index contributed by atoms with van der Waals surface area (Å²) in [6.07, 6.45) is 8.34. The van der Waals surface area contributed by atoms with Gasteiger partial charge in [-0.15, -0.1) is 0 Å². The fraction of sp³-hybridized carbons (Fsp3) is 0.619. The maximum atomic E-state index is 12.2. The summed E-state index contributed by atoms with van der Waals surface area (Å²) in [6.45, 7) is 9.16. The summed E-state index contributed by atoms with van der Waals surface area (Å²) in [6, 6.07) is 5.78. The van der Waals surface area contributed by atoms with Crippen LogP contribution in [0.25, 0.3) is 10.9 Å². The number of piperidine rings is 1. The lowest BCUT2D eigenvalue weighted by molar-refractivity contribution is 0.209. The number of fused-ring (bicyclic) bond motifs is 1. The van der Waals surface area contributed by atoms with Crippen LogP contribution in [0.2, 0.25) is 0 Å². The van der Waals surface area contributed by atoms with E-state index >= 15 is 0 Å². The molecule has 1 aliphatic rings. The van der Waals surface area contributed by atoms with Gasteiger partial charge in [-0.2, -0.15) is 0 Å². The lowest BCUT2D eigenvalue weighted by Crippen LogP contribution is -2.33. The number of unbranched alkanes of at least 4 members (excludes halogenated alkanes) is 2. The van der Waals surface area contributed by atoms with E-state index in [9.17, 15) is 8.42 Å². The van der Waals surface area contributed by atoms with Gasteiger partial charge in [-0.1, -0.05) is 19.8 Å². The number of aromatic nitrogens is 1. The predicted molar refractivity (Wildman–Crippen MR) is 114 cm³/mol. The Kier molecular flexibility index (Phi) is 6.48. The van der Waals surface area contributed by atoms with E-state index in [-0.39, 0.29) is 0 Å². The first-order valence-corrected chi connectivity index (χ1v) is 11.8. The van der Waals surface area contributed by atoms with Gasteiger partial charge in [-0.25, -0.2) is 8.42 Å². The van der Waals surface area contributed by atoms with Crippen LogP contribution in [0, 0.1) is 0 Å². The van der Waals surface area contributed by atoms with Crippen molar-refractivity contribution in [2.45, 2.75) is 64.0 Å². The van der Waals surface area contributed by atoms with Crippen molar-refractivity contribution in [3.05, 3.63) is 30.0 Å². The third-order valence-electron chi connectivity index (χ3n) is 5.70. The lowest BCUT2D eigenvalue weighted by Gasteiger charge is -2.32. The largest absolute Gasteiger partial charge is 0.361 e. The van der Waals surface area contributed by atoms with Gasteiger partial charge in [-0.05, 0) is 82.4 Å². The Morgan fingerprint density at radius 1 is 1.22 bits per heavy atom. The second-order valence-corrected chi connectivity index (χ2v) is 10.3. The monoisotopic (exact) mass is 391 g/mol. The molecule has 5 nitrogen and oxygen atoms in total. The summed E-state index contributed by atoms with van der Waals surface area (Å²) in [7, 11) is -3.33. The third-order valence-corrected chi connectivity index (χ3v) is 7.46. The van der Waals surface area contributed by atoms with E-state index < -0.39 is 15.3 Å². The number of hydrogen-bond donors (Lipinski definition) is 2. The fourth-order valence-electron chi connectivity index (χ4n) is 3.88. The highest BCUT2D eigenvalue weighted by atomic mass is 32.2. The van der Waals surface area contributed by atoms with Crippen molar-refractivity contribution < 1.29 is 8.42 Å². The number of nitrogens with zero attached hydrogens (tertiary/aromatic N) is 1. The highest BCUT2D eigenvalue weighted by molar-refractivity contribution is 7.93. The molecule has 0 unspecified atom stereocenters. The second-order valence-electron chi connectivity index (χ2n) is 8.02. The Labute approximate surface area is 163 Å². The molecule has 0 bridgehead atoms. The van der Waals surface area contributed by atoms with Crippen molar-refractivity contribution in [2.75, 3.05) is 24.4 Å². The van der Waals surface area contributed by atoms with Crippen molar-refractivity contribution in [1.29, 1.82) is 0 Å². The van der Waals surface area contributed by atoms with Crippen LogP contribution in [0.3, 0.4) is 0 Å². The molecule has 1 aromatic carbocycles. The maximum absolute atomic E-state index is 12.2. The van der Waals surface area contributed by atoms with Crippen LogP contribution in [0.15, 0.2) is 24.4 Å². The number of hydrogen-bond acceptors (Lipinski definition) is 3. The Morgan fingerprint density at radius 3 is 2.63 bits per heavy atom. The zero-order valence-electron chi connectivity index (χ0n) is 16.8. The summed E-state index contributed by atoms with van der Waals surface area (Å²) < 4.78 is 27.1. The van der Waals surface area contributed by atoms with Gasteiger partial charge in [0.1, 0.15) is 0 Å². The number of aromatic amines is 1. The van der Waals surface area contributed by atoms with Crippen LogP contribution < -0.4 is 4.72 Å². The quantitative estimate of drug-likeness (QED) is 0.642. The van der Waals surface area contributed by atoms with E-state index in [2.05, 4.69) is 27.7 Å². The molecule has 150 valence electrons. The molecule has 0 saturated carbocycles. The molecule has 1 saturated heterocycles. The van der Waals surface area contributed by atoms with Crippen LogP contribution in [0.4, 0.5) is 5.69 Å². The first-order valence-electron chi connectivity index (χ1n) is 10.3. The summed E-state index contributed by atoms with van der Waals surface area (Å²) in [5.41, 5.74) is 3.04. The molecule has 2 heterocycles. The van der Waals surface area contributed by atoms with Crippen LogP contribution in [0.1, 0.15) is 64.4 Å². The number of anilines is 1. The van der Waals surface area contributed by atoms with E-state index in [1.807, 2.05) is 18.2 Å². The average Bonchev–Trinajstić information content (AvgIpc) is 3.05. The molecule has 1 fully saturated rings. The number of likely N-dealkylation sites (tertiary alicyclic amines) is 1. The molecule has 0 atom stereocenters. The zero-order valence-corrected chi connectivity index (χ0v) is 17.6. The minimum Gasteiger partial charge on any atom is -0.361 e. The molecule has 0 aliphatic carbocycles. The van der Waals surface area contributed by atoms with Crippen LogP contribution in [-0.4, -0.2) is 43.2 Å². The molecule has 2 aromatic rings. The molecule has 0 amide bonds. The molecular weight excluding hydrogens is 358 g/mol. The predicted octanol–water partition coefficient (Wildman–Crippen LogP) is 4.69. The van der Waals surface area contributed by atoms with E-state index in [4.69, 9.17) is 0 Å². The van der Waals surface area contributed by atoms with Gasteiger partial charge in [0.2, 0.25) is 10.0 Å². The Hall–Kier alpha value is -1.53. The Bertz CT molecular complexity index is 849. The van der Waals surface area contributed by atoms with Crippen LogP contribution in [-0.2, 0) is 10.0 Å². The first kappa shape index (κ1) is 20.2. The fourth-order valence-corrected chi connectivity index (χ4v) is 4.57. The molecule has 6 heteroatoms. The molecular formula is C21H33N3O2S. The smallest absolute Gasteiger partial charge is 0.235 e. The summed E-state index contributed by atoms with van der Waals surface area (Å²) >= 11 is 0. The van der Waals surface area contributed by atoms with Crippen molar-refractivity contribution in [3.8, 4) is 0 Å². The summed E-state index contributed by atoms with van der Waals surface area (Å²) in [4.78, 5) is 5.95. The highest BCUT2D eigenvalue weighted by Crippen LogP contribution is 2.34. The van der Waals surface area contributed by atoms with Crippen LogP contribution in [0.5, 0.6) is 0 Å². The Morgan fingerprint density at radius 2 is 1.96 bits per heavy atom. The molecule has 27 heavy (non-hydrogen) atoms. The van der Waals surface area contributed by atoms with Gasteiger partial charge >= 0.3 is 0 Å². The number of rotatable bonds is 8. The number of nitrogens with one attached hydrogen (secondary N) is 2. The van der Waals surface area contributed by atoms with E-state index in [1.54, 1.807) is 13.8 Å². The summed E-state index contributed by atoms with van der Waals surface area (Å²) in [5, 5.41) is 0.694. The number of benzene rings is 1. The molecule has 0 radical (unpaired) electrons. The number of sulfonamides is 1. The van der Waals surface area contributed by atoms with Gasteiger partial charge in [0.15, 0.2) is 0 Å². The standard InChI is InChI=1S/C21H33N3O2S/c1-4-5-6-11-24-12-9-17(10-13-24)20-15-22-21-8-7-18(14-19(20)21)23-27(25,26)16(2)3/h7-8,14-17,22-23H,4-6,9-13H2,1-3H3. The maximum Gasteiger partial charge on any atom is 0.235 e. The van der Waals surface area contributed by atoms with Crippen molar-refractivity contribution in [3.63, 3.8) is 0 Å². The first-order chi connectivity index (χ1) is 12.9. The van der Waals surface area contributed by atoms with E-state index in [1.165, 1.54) is 44.2 Å². The van der Waals surface area contributed by atoms with Crippen molar-refractivity contribution in [1.82, 2.24) is 9.88 Å². The number of H-pyrrole nitrogens is 1. The van der Waals surface area contributed by atoms with Gasteiger partial charge < -0.3 is 9.88 Å². The summed E-state index contributed by atoms with van der Waals surface area (Å²) in [5.74, 6) is 0.540. The normalized spacial score (nSPS) is 17.0.